The van der Waals surface area contributed by atoms with Gasteiger partial charge in [-0.15, -0.1) is 0 Å². The molecule has 0 radical (unpaired) electrons. The largest absolute Gasteiger partial charge is 0.374 e. The first-order valence-electron chi connectivity index (χ1n) is 8.72. The second-order valence-electron chi connectivity index (χ2n) is 6.91. The van der Waals surface area contributed by atoms with Crippen LogP contribution in [0.2, 0.25) is 0 Å². The number of aromatic nitrogens is 5. The summed E-state index contributed by atoms with van der Waals surface area (Å²) in [5.41, 5.74) is 4.39. The highest BCUT2D eigenvalue weighted by Gasteiger charge is 2.22. The summed E-state index contributed by atoms with van der Waals surface area (Å²) in [6.07, 6.45) is 6.20. The monoisotopic (exact) mass is 340 g/mol. The average Bonchev–Trinajstić information content (AvgIpc) is 3.14. The Morgan fingerprint density at radius 3 is 2.88 bits per heavy atom. The number of morpholine rings is 1. The molecule has 1 saturated heterocycles. The molecule has 25 heavy (non-hydrogen) atoms. The van der Waals surface area contributed by atoms with Gasteiger partial charge in [0.15, 0.2) is 0 Å². The van der Waals surface area contributed by atoms with Crippen molar-refractivity contribution in [2.24, 2.45) is 0 Å². The Hall–Kier alpha value is -2.25. The molecule has 4 rings (SSSR count). The van der Waals surface area contributed by atoms with E-state index in [2.05, 4.69) is 51.7 Å². The fraction of sp³-hybridized carbons (Fsp3) is 0.500. The molecular formula is C18H24N6O. The Morgan fingerprint density at radius 2 is 2.08 bits per heavy atom. The smallest absolute Gasteiger partial charge is 0.234 e. The summed E-state index contributed by atoms with van der Waals surface area (Å²) >= 11 is 0. The van der Waals surface area contributed by atoms with Gasteiger partial charge in [0.25, 0.3) is 0 Å². The van der Waals surface area contributed by atoms with Crippen LogP contribution in [0.5, 0.6) is 0 Å². The lowest BCUT2D eigenvalue weighted by atomic mass is 10.2. The van der Waals surface area contributed by atoms with Gasteiger partial charge in [0, 0.05) is 43.4 Å². The van der Waals surface area contributed by atoms with Gasteiger partial charge in [-0.2, -0.15) is 5.10 Å². The zero-order chi connectivity index (χ0) is 17.4. The number of rotatable bonds is 4. The van der Waals surface area contributed by atoms with Gasteiger partial charge in [-0.1, -0.05) is 0 Å². The predicted molar refractivity (Wildman–Crippen MR) is 94.4 cm³/mol. The Balaban J connectivity index is 1.44. The normalized spacial score (nSPS) is 18.9. The predicted octanol–water partition coefficient (Wildman–Crippen LogP) is 1.75. The van der Waals surface area contributed by atoms with Crippen molar-refractivity contribution in [3.8, 4) is 0 Å². The zero-order valence-corrected chi connectivity index (χ0v) is 15.0. The van der Waals surface area contributed by atoms with E-state index in [1.807, 2.05) is 17.8 Å². The first kappa shape index (κ1) is 16.2. The van der Waals surface area contributed by atoms with Crippen molar-refractivity contribution in [2.75, 3.05) is 19.7 Å². The van der Waals surface area contributed by atoms with Crippen molar-refractivity contribution in [3.63, 3.8) is 0 Å². The molecule has 1 aliphatic rings. The van der Waals surface area contributed by atoms with Crippen LogP contribution in [0.4, 0.5) is 0 Å². The molecule has 1 aliphatic heterocycles. The van der Waals surface area contributed by atoms with Gasteiger partial charge in [0.05, 0.1) is 31.1 Å². The maximum atomic E-state index is 5.91. The van der Waals surface area contributed by atoms with Gasteiger partial charge in [-0.3, -0.25) is 14.0 Å². The highest BCUT2D eigenvalue weighted by atomic mass is 16.5. The van der Waals surface area contributed by atoms with Crippen LogP contribution in [0.25, 0.3) is 5.78 Å². The van der Waals surface area contributed by atoms with E-state index in [1.165, 1.54) is 5.56 Å². The fourth-order valence-corrected chi connectivity index (χ4v) is 3.43. The Bertz CT molecular complexity index is 883. The van der Waals surface area contributed by atoms with Gasteiger partial charge >= 0.3 is 0 Å². The van der Waals surface area contributed by atoms with Crippen molar-refractivity contribution in [2.45, 2.75) is 40.0 Å². The molecule has 0 bridgehead atoms. The number of fused-ring (bicyclic) bond motifs is 1. The number of ether oxygens (including phenoxy) is 1. The summed E-state index contributed by atoms with van der Waals surface area (Å²) in [4.78, 5) is 11.6. The van der Waals surface area contributed by atoms with E-state index in [0.717, 1.165) is 55.6 Å². The van der Waals surface area contributed by atoms with E-state index in [9.17, 15) is 0 Å². The molecule has 1 fully saturated rings. The molecule has 0 aromatic carbocycles. The molecule has 7 nitrogen and oxygen atoms in total. The van der Waals surface area contributed by atoms with Gasteiger partial charge in [0.2, 0.25) is 5.78 Å². The molecule has 7 heteroatoms. The van der Waals surface area contributed by atoms with Gasteiger partial charge in [0.1, 0.15) is 0 Å². The minimum absolute atomic E-state index is 0.159. The lowest BCUT2D eigenvalue weighted by Gasteiger charge is -2.32. The summed E-state index contributed by atoms with van der Waals surface area (Å²) in [5, 5.41) is 4.36. The SMILES string of the molecule is Cc1cnn(C[C@H]2CN(Cc3cn4c(C)cc(C)nc4n3)CCO2)c1. The third-order valence-corrected chi connectivity index (χ3v) is 4.57. The van der Waals surface area contributed by atoms with E-state index in [0.29, 0.717) is 0 Å². The third kappa shape index (κ3) is 3.57. The van der Waals surface area contributed by atoms with Crippen LogP contribution < -0.4 is 0 Å². The molecule has 0 unspecified atom stereocenters. The van der Waals surface area contributed by atoms with Gasteiger partial charge < -0.3 is 4.74 Å². The topological polar surface area (TPSA) is 60.5 Å². The average molecular weight is 340 g/mol. The molecular weight excluding hydrogens is 316 g/mol. The number of hydrogen-bond donors (Lipinski definition) is 0. The Morgan fingerprint density at radius 1 is 1.20 bits per heavy atom. The fourth-order valence-electron chi connectivity index (χ4n) is 3.43. The van der Waals surface area contributed by atoms with Crippen LogP contribution in [0.15, 0.2) is 24.7 Å². The van der Waals surface area contributed by atoms with Crippen molar-refractivity contribution < 1.29 is 4.74 Å². The second-order valence-corrected chi connectivity index (χ2v) is 6.91. The first-order valence-corrected chi connectivity index (χ1v) is 8.72. The van der Waals surface area contributed by atoms with Crippen LogP contribution >= 0.6 is 0 Å². The minimum Gasteiger partial charge on any atom is -0.374 e. The molecule has 0 aliphatic carbocycles. The zero-order valence-electron chi connectivity index (χ0n) is 15.0. The lowest BCUT2D eigenvalue weighted by molar-refractivity contribution is -0.0405. The lowest BCUT2D eigenvalue weighted by Crippen LogP contribution is -2.43. The maximum Gasteiger partial charge on any atom is 0.234 e. The minimum atomic E-state index is 0.159. The Labute approximate surface area is 147 Å². The van der Waals surface area contributed by atoms with Gasteiger partial charge in [-0.05, 0) is 32.4 Å². The Kier molecular flexibility index (Phi) is 4.27. The van der Waals surface area contributed by atoms with E-state index in [1.54, 1.807) is 0 Å². The van der Waals surface area contributed by atoms with Crippen molar-refractivity contribution in [1.29, 1.82) is 0 Å². The first-order chi connectivity index (χ1) is 12.1. The van der Waals surface area contributed by atoms with Crippen LogP contribution in [0.3, 0.4) is 0 Å². The number of imidazole rings is 1. The molecule has 0 saturated carbocycles. The van der Waals surface area contributed by atoms with E-state index < -0.39 is 0 Å². The molecule has 3 aromatic rings. The summed E-state index contributed by atoms with van der Waals surface area (Å²) < 4.78 is 9.94. The van der Waals surface area contributed by atoms with E-state index in [-0.39, 0.29) is 6.10 Å². The molecule has 132 valence electrons. The molecule has 1 atom stereocenters. The molecule has 0 N–H and O–H groups in total. The van der Waals surface area contributed by atoms with Gasteiger partial charge in [-0.25, -0.2) is 9.97 Å². The third-order valence-electron chi connectivity index (χ3n) is 4.57. The highest BCUT2D eigenvalue weighted by molar-refractivity contribution is 5.34. The van der Waals surface area contributed by atoms with Crippen molar-refractivity contribution >= 4 is 5.78 Å². The summed E-state index contributed by atoms with van der Waals surface area (Å²) in [6.45, 7) is 10.3. The number of nitrogens with zero attached hydrogens (tertiary/aromatic N) is 6. The van der Waals surface area contributed by atoms with Crippen LogP contribution in [0, 0.1) is 20.8 Å². The molecule has 3 aromatic heterocycles. The summed E-state index contributed by atoms with van der Waals surface area (Å²) in [6, 6.07) is 2.08. The maximum absolute atomic E-state index is 5.91. The van der Waals surface area contributed by atoms with E-state index >= 15 is 0 Å². The quantitative estimate of drug-likeness (QED) is 0.724. The van der Waals surface area contributed by atoms with Crippen LogP contribution in [-0.4, -0.2) is 54.8 Å². The van der Waals surface area contributed by atoms with E-state index in [4.69, 9.17) is 9.72 Å². The molecule has 4 heterocycles. The van der Waals surface area contributed by atoms with Crippen LogP contribution in [-0.2, 0) is 17.8 Å². The van der Waals surface area contributed by atoms with Crippen molar-refractivity contribution in [1.82, 2.24) is 29.0 Å². The van der Waals surface area contributed by atoms with Crippen molar-refractivity contribution in [3.05, 3.63) is 47.3 Å². The standard InChI is InChI=1S/C18H24N6O/c1-13-7-19-23(8-13)12-17-11-22(4-5-25-17)9-16-10-24-15(3)6-14(2)20-18(24)21-16/h6-8,10,17H,4-5,9,11-12H2,1-3H3/t17-/m1/s1. The summed E-state index contributed by atoms with van der Waals surface area (Å²) in [5.74, 6) is 0.782. The highest BCUT2D eigenvalue weighted by Crippen LogP contribution is 2.14. The van der Waals surface area contributed by atoms with Crippen LogP contribution in [0.1, 0.15) is 22.6 Å². The number of aryl methyl sites for hydroxylation is 3. The molecule has 0 amide bonds. The number of hydrogen-bond acceptors (Lipinski definition) is 5. The second kappa shape index (κ2) is 6.57. The molecule has 0 spiro atoms. The summed E-state index contributed by atoms with van der Waals surface area (Å²) in [7, 11) is 0.